The highest BCUT2D eigenvalue weighted by molar-refractivity contribution is 6.31. The first-order valence-corrected chi connectivity index (χ1v) is 10.3. The molecule has 2 aromatic rings. The molecular formula is C24H26ClN4O2+. The number of halogens is 1. The van der Waals surface area contributed by atoms with Crippen LogP contribution in [0.1, 0.15) is 49.2 Å². The summed E-state index contributed by atoms with van der Waals surface area (Å²) in [7, 11) is 0. The van der Waals surface area contributed by atoms with Gasteiger partial charge in [-0.25, -0.2) is 0 Å². The third-order valence-electron chi connectivity index (χ3n) is 5.57. The molecule has 0 bridgehead atoms. The minimum absolute atomic E-state index is 0.0953. The van der Waals surface area contributed by atoms with E-state index in [1.165, 1.54) is 6.20 Å². The van der Waals surface area contributed by atoms with Gasteiger partial charge in [-0.2, -0.15) is 0 Å². The maximum absolute atomic E-state index is 13.1. The zero-order valence-electron chi connectivity index (χ0n) is 18.1. The lowest BCUT2D eigenvalue weighted by Crippen LogP contribution is -2.39. The molecule has 0 saturated carbocycles. The van der Waals surface area contributed by atoms with Gasteiger partial charge in [-0.05, 0) is 73.5 Å². The Morgan fingerprint density at radius 2 is 2.13 bits per heavy atom. The second-order valence-electron chi connectivity index (χ2n) is 7.93. The molecule has 1 aromatic heterocycles. The fourth-order valence-corrected chi connectivity index (χ4v) is 3.97. The van der Waals surface area contributed by atoms with Crippen molar-refractivity contribution >= 4 is 23.2 Å². The number of rotatable bonds is 6. The molecule has 160 valence electrons. The van der Waals surface area contributed by atoms with Crippen molar-refractivity contribution in [3.63, 3.8) is 0 Å². The van der Waals surface area contributed by atoms with Gasteiger partial charge in [0.2, 0.25) is 0 Å². The second-order valence-corrected chi connectivity index (χ2v) is 8.37. The highest BCUT2D eigenvalue weighted by Crippen LogP contribution is 2.42. The first kappa shape index (κ1) is 22.7. The van der Waals surface area contributed by atoms with Crippen LogP contribution in [0.4, 0.5) is 5.69 Å². The number of pyridine rings is 1. The van der Waals surface area contributed by atoms with Gasteiger partial charge in [-0.3, -0.25) is 20.0 Å². The Kier molecular flexibility index (Phi) is 6.61. The third kappa shape index (κ3) is 4.40. The van der Waals surface area contributed by atoms with Crippen LogP contribution in [-0.4, -0.2) is 22.2 Å². The fourth-order valence-electron chi connectivity index (χ4n) is 3.80. The number of benzene rings is 1. The Labute approximate surface area is 187 Å². The van der Waals surface area contributed by atoms with E-state index in [2.05, 4.69) is 15.1 Å². The maximum Gasteiger partial charge on any atom is 0.312 e. The number of allylic oxidation sites excluding steroid dienone is 1. The Hall–Kier alpha value is -2.98. The summed E-state index contributed by atoms with van der Waals surface area (Å²) in [6, 6.07) is 7.21. The van der Waals surface area contributed by atoms with Crippen LogP contribution in [0, 0.1) is 6.57 Å². The molecule has 2 N–H and O–H groups in total. The number of aliphatic hydroxyl groups is 1. The van der Waals surface area contributed by atoms with Gasteiger partial charge in [0.15, 0.2) is 0 Å². The smallest absolute Gasteiger partial charge is 0.312 e. The molecule has 2 heterocycles. The summed E-state index contributed by atoms with van der Waals surface area (Å²) >= 11 is 6.17. The zero-order chi connectivity index (χ0) is 22.8. The molecule has 0 fully saturated rings. The van der Waals surface area contributed by atoms with Crippen molar-refractivity contribution in [3.8, 4) is 6.57 Å². The summed E-state index contributed by atoms with van der Waals surface area (Å²) in [5.74, 6) is -0.0953. The number of carbonyl (C=O) groups excluding carboxylic acids is 1. The van der Waals surface area contributed by atoms with E-state index >= 15 is 0 Å². The molecule has 0 radical (unpaired) electrons. The summed E-state index contributed by atoms with van der Waals surface area (Å²) in [6.07, 6.45) is 5.70. The van der Waals surface area contributed by atoms with Gasteiger partial charge in [0.1, 0.15) is 6.23 Å². The van der Waals surface area contributed by atoms with Crippen molar-refractivity contribution in [2.75, 3.05) is 4.90 Å². The normalized spacial score (nSPS) is 16.8. The van der Waals surface area contributed by atoms with Crippen LogP contribution in [0.3, 0.4) is 0 Å². The van der Waals surface area contributed by atoms with Crippen LogP contribution in [0.2, 0.25) is 5.02 Å². The highest BCUT2D eigenvalue weighted by atomic mass is 35.5. The van der Waals surface area contributed by atoms with E-state index < -0.39 is 11.8 Å². The molecule has 7 heteroatoms. The van der Waals surface area contributed by atoms with Crippen LogP contribution in [-0.2, 0) is 12.1 Å². The number of anilines is 1. The minimum atomic E-state index is -0.955. The largest absolute Gasteiger partial charge is 0.374 e. The Morgan fingerprint density at radius 1 is 1.39 bits per heavy atom. The third-order valence-corrected chi connectivity index (χ3v) is 5.80. The van der Waals surface area contributed by atoms with E-state index in [0.717, 1.165) is 16.7 Å². The van der Waals surface area contributed by atoms with E-state index in [0.29, 0.717) is 28.4 Å². The van der Waals surface area contributed by atoms with Crippen molar-refractivity contribution in [3.05, 3.63) is 86.6 Å². The van der Waals surface area contributed by atoms with E-state index in [1.807, 2.05) is 45.9 Å². The molecule has 1 aliphatic heterocycles. The molecule has 6 nitrogen and oxygen atoms in total. The molecule has 1 unspecified atom stereocenters. The molecular weight excluding hydrogens is 412 g/mol. The van der Waals surface area contributed by atoms with Gasteiger partial charge in [-0.15, -0.1) is 0 Å². The van der Waals surface area contributed by atoms with Gasteiger partial charge in [0, 0.05) is 23.3 Å². The van der Waals surface area contributed by atoms with Gasteiger partial charge in [-0.1, -0.05) is 17.7 Å². The summed E-state index contributed by atoms with van der Waals surface area (Å²) in [5.41, 5.74) is 3.87. The predicted octanol–water partition coefficient (Wildman–Crippen LogP) is 4.85. The molecule has 3 rings (SSSR count). The Morgan fingerprint density at radius 3 is 2.81 bits per heavy atom. The molecule has 0 aliphatic carbocycles. The lowest BCUT2D eigenvalue weighted by Gasteiger charge is -2.32. The monoisotopic (exact) mass is 437 g/mol. The first-order chi connectivity index (χ1) is 14.7. The highest BCUT2D eigenvalue weighted by Gasteiger charge is 2.44. The van der Waals surface area contributed by atoms with Crippen molar-refractivity contribution in [1.29, 1.82) is 0 Å². The summed E-state index contributed by atoms with van der Waals surface area (Å²) in [6.45, 7) is 13.3. The second kappa shape index (κ2) is 9.03. The number of nitrogens with zero attached hydrogens (tertiary/aromatic N) is 3. The topological polar surface area (TPSA) is 69.8 Å². The predicted molar refractivity (Wildman–Crippen MR) is 124 cm³/mol. The summed E-state index contributed by atoms with van der Waals surface area (Å²) < 4.78 is 0. The average Bonchev–Trinajstić information content (AvgIpc) is 2.94. The number of aromatic nitrogens is 1. The van der Waals surface area contributed by atoms with Crippen LogP contribution in [0.25, 0.3) is 4.85 Å². The van der Waals surface area contributed by atoms with Gasteiger partial charge in [0.25, 0.3) is 12.5 Å². The molecule has 1 aromatic carbocycles. The zero-order valence-corrected chi connectivity index (χ0v) is 18.8. The standard InChI is InChI=1S/C24H26ClN4O2/c1-6-15(2)20(14-26-5)22(30)28-12-16-9-18(13-27-11-16)29-23(31)19-8-7-17(25)10-21(19)24(29,3)4/h5-11,13-14,22,28,30H,12H2,1-4H3/q+1. The number of fused-ring (bicyclic) bond motifs is 1. The SMILES string of the molecule is C#[N+]C=C(C(C)=CC)C(O)NCc1cncc(N2C(=O)c3ccc(Cl)cc3C2(C)C)c1. The fraction of sp³-hybridized carbons (Fsp3) is 0.292. The molecule has 1 aliphatic rings. The number of carbonyl (C=O) groups is 1. The quantitative estimate of drug-likeness (QED) is 0.500. The maximum atomic E-state index is 13.1. The van der Waals surface area contributed by atoms with E-state index in [9.17, 15) is 9.90 Å². The number of aliphatic hydroxyl groups excluding tert-OH is 1. The number of hydrogen-bond acceptors (Lipinski definition) is 4. The Bertz CT molecular complexity index is 1110. The van der Waals surface area contributed by atoms with Crippen LogP contribution < -0.4 is 10.2 Å². The molecule has 1 atom stereocenters. The van der Waals surface area contributed by atoms with Crippen molar-refractivity contribution < 1.29 is 9.90 Å². The minimum Gasteiger partial charge on any atom is -0.374 e. The van der Waals surface area contributed by atoms with Crippen molar-refractivity contribution in [2.45, 2.75) is 46.0 Å². The van der Waals surface area contributed by atoms with Crippen molar-refractivity contribution in [2.24, 2.45) is 0 Å². The summed E-state index contributed by atoms with van der Waals surface area (Å²) in [5, 5.41) is 14.2. The van der Waals surface area contributed by atoms with Gasteiger partial charge >= 0.3 is 6.20 Å². The van der Waals surface area contributed by atoms with E-state index in [1.54, 1.807) is 29.4 Å². The lowest BCUT2D eigenvalue weighted by molar-refractivity contribution is 0.0982. The van der Waals surface area contributed by atoms with Crippen LogP contribution in [0.5, 0.6) is 0 Å². The molecule has 0 saturated heterocycles. The van der Waals surface area contributed by atoms with E-state index in [-0.39, 0.29) is 5.91 Å². The Balaban J connectivity index is 1.84. The average molecular weight is 438 g/mol. The number of amides is 1. The number of nitrogens with one attached hydrogen (secondary N) is 1. The lowest BCUT2D eigenvalue weighted by atomic mass is 9.93. The molecule has 1 amide bonds. The van der Waals surface area contributed by atoms with Gasteiger partial charge in [0.05, 0.1) is 23.0 Å². The van der Waals surface area contributed by atoms with Crippen LogP contribution in [0.15, 0.2) is 60.1 Å². The molecule has 0 spiro atoms. The van der Waals surface area contributed by atoms with Gasteiger partial charge < -0.3 is 5.11 Å². The van der Waals surface area contributed by atoms with Crippen molar-refractivity contribution in [1.82, 2.24) is 10.3 Å². The molecule has 31 heavy (non-hydrogen) atoms. The van der Waals surface area contributed by atoms with E-state index in [4.69, 9.17) is 18.2 Å². The number of hydrogen-bond donors (Lipinski definition) is 2. The summed E-state index contributed by atoms with van der Waals surface area (Å²) in [4.78, 5) is 22.7. The van der Waals surface area contributed by atoms with Crippen LogP contribution >= 0.6 is 11.6 Å². The first-order valence-electron chi connectivity index (χ1n) is 9.94.